The highest BCUT2D eigenvalue weighted by atomic mass is 16.3. The molecule has 1 aromatic carbocycles. The van der Waals surface area contributed by atoms with Gasteiger partial charge < -0.3 is 15.7 Å². The Hall–Kier alpha value is -2.99. The summed E-state index contributed by atoms with van der Waals surface area (Å²) in [5.74, 6) is 1.31. The maximum atomic E-state index is 8.95. The van der Waals surface area contributed by atoms with Crippen molar-refractivity contribution in [1.29, 1.82) is 0 Å². The molecule has 0 unspecified atom stereocenters. The summed E-state index contributed by atoms with van der Waals surface area (Å²) >= 11 is 0. The number of aromatic nitrogens is 3. The molecule has 134 valence electrons. The van der Waals surface area contributed by atoms with Crippen molar-refractivity contribution in [2.75, 3.05) is 30.3 Å². The first-order valence-electron chi connectivity index (χ1n) is 8.77. The van der Waals surface area contributed by atoms with Crippen molar-refractivity contribution in [3.05, 3.63) is 66.5 Å². The molecule has 0 saturated heterocycles. The Kier molecular flexibility index (Phi) is 6.50. The fourth-order valence-corrected chi connectivity index (χ4v) is 2.54. The molecule has 3 N–H and O–H groups in total. The Labute approximate surface area is 153 Å². The number of hydrogen-bond acceptors (Lipinski definition) is 6. The summed E-state index contributed by atoms with van der Waals surface area (Å²) in [5, 5.41) is 15.5. The van der Waals surface area contributed by atoms with Gasteiger partial charge in [0.2, 0.25) is 5.95 Å². The van der Waals surface area contributed by atoms with Crippen molar-refractivity contribution in [3.8, 4) is 11.3 Å². The Morgan fingerprint density at radius 1 is 0.923 bits per heavy atom. The molecular formula is C20H23N5O. The molecule has 2 heterocycles. The number of rotatable bonds is 9. The monoisotopic (exact) mass is 349 g/mol. The second-order valence-electron chi connectivity index (χ2n) is 5.87. The minimum Gasteiger partial charge on any atom is -0.396 e. The number of nitrogens with one attached hydrogen (secondary N) is 2. The highest BCUT2D eigenvalue weighted by Crippen LogP contribution is 2.20. The summed E-state index contributed by atoms with van der Waals surface area (Å²) in [6.07, 6.45) is 5.09. The highest BCUT2D eigenvalue weighted by Gasteiger charge is 2.07. The lowest BCUT2D eigenvalue weighted by Gasteiger charge is -2.11. The molecule has 3 aromatic rings. The first-order valence-corrected chi connectivity index (χ1v) is 8.77. The minimum absolute atomic E-state index is 0.136. The fourth-order valence-electron chi connectivity index (χ4n) is 2.54. The molecule has 6 heteroatoms. The van der Waals surface area contributed by atoms with Crippen LogP contribution in [0.3, 0.4) is 0 Å². The Morgan fingerprint density at radius 3 is 2.58 bits per heavy atom. The number of nitrogens with zero attached hydrogens (tertiary/aromatic N) is 3. The zero-order valence-corrected chi connectivity index (χ0v) is 14.6. The molecular weight excluding hydrogens is 326 g/mol. The lowest BCUT2D eigenvalue weighted by Crippen LogP contribution is -2.11. The van der Waals surface area contributed by atoms with E-state index in [-0.39, 0.29) is 6.61 Å². The van der Waals surface area contributed by atoms with Crippen LogP contribution >= 0.6 is 0 Å². The standard InChI is InChI=1S/C20H23N5O/c26-13-5-11-23-20-24-18(17-8-4-10-21-15-17)14-19(25-20)22-12-9-16-6-2-1-3-7-16/h1-4,6-8,10,14-15,26H,5,9,11-13H2,(H2,22,23,24,25). The molecule has 0 spiro atoms. The number of pyridine rings is 1. The lowest BCUT2D eigenvalue weighted by atomic mass is 10.1. The summed E-state index contributed by atoms with van der Waals surface area (Å²) in [4.78, 5) is 13.2. The molecule has 0 aliphatic heterocycles. The number of anilines is 2. The normalized spacial score (nSPS) is 10.5. The molecule has 2 aromatic heterocycles. The van der Waals surface area contributed by atoms with E-state index in [2.05, 4.69) is 37.7 Å². The summed E-state index contributed by atoms with van der Waals surface area (Å²) in [7, 11) is 0. The van der Waals surface area contributed by atoms with Gasteiger partial charge in [0, 0.05) is 43.7 Å². The Bertz CT molecular complexity index is 796. The predicted molar refractivity (Wildman–Crippen MR) is 104 cm³/mol. The van der Waals surface area contributed by atoms with Gasteiger partial charge in [0.25, 0.3) is 0 Å². The van der Waals surface area contributed by atoms with E-state index in [1.54, 1.807) is 12.4 Å². The van der Waals surface area contributed by atoms with E-state index < -0.39 is 0 Å². The van der Waals surface area contributed by atoms with Crippen LogP contribution in [0.5, 0.6) is 0 Å². The van der Waals surface area contributed by atoms with Gasteiger partial charge in [-0.1, -0.05) is 30.3 Å². The van der Waals surface area contributed by atoms with Crippen molar-refractivity contribution in [2.24, 2.45) is 0 Å². The van der Waals surface area contributed by atoms with Gasteiger partial charge in [0.05, 0.1) is 5.69 Å². The van der Waals surface area contributed by atoms with Gasteiger partial charge in [0.1, 0.15) is 5.82 Å². The van der Waals surface area contributed by atoms with Crippen molar-refractivity contribution in [2.45, 2.75) is 12.8 Å². The number of aliphatic hydroxyl groups excluding tert-OH is 1. The van der Waals surface area contributed by atoms with Crippen LogP contribution in [-0.4, -0.2) is 39.8 Å². The van der Waals surface area contributed by atoms with Crippen LogP contribution in [0, 0.1) is 0 Å². The number of hydrogen-bond donors (Lipinski definition) is 3. The minimum atomic E-state index is 0.136. The maximum absolute atomic E-state index is 8.95. The molecule has 0 saturated carbocycles. The average Bonchev–Trinajstić information content (AvgIpc) is 2.70. The second-order valence-corrected chi connectivity index (χ2v) is 5.87. The molecule has 0 aliphatic carbocycles. The molecule has 0 radical (unpaired) electrons. The molecule has 0 aliphatic rings. The van der Waals surface area contributed by atoms with Crippen LogP contribution in [0.15, 0.2) is 60.9 Å². The van der Waals surface area contributed by atoms with E-state index in [1.165, 1.54) is 5.56 Å². The van der Waals surface area contributed by atoms with Crippen LogP contribution in [0.1, 0.15) is 12.0 Å². The van der Waals surface area contributed by atoms with E-state index in [1.807, 2.05) is 36.4 Å². The first kappa shape index (κ1) is 17.8. The maximum Gasteiger partial charge on any atom is 0.225 e. The third kappa shape index (κ3) is 5.26. The highest BCUT2D eigenvalue weighted by molar-refractivity contribution is 5.63. The molecule has 3 rings (SSSR count). The number of aliphatic hydroxyl groups is 1. The van der Waals surface area contributed by atoms with E-state index in [9.17, 15) is 0 Å². The number of benzene rings is 1. The summed E-state index contributed by atoms with van der Waals surface area (Å²) < 4.78 is 0. The van der Waals surface area contributed by atoms with E-state index in [0.29, 0.717) is 18.9 Å². The van der Waals surface area contributed by atoms with Crippen LogP contribution in [0.2, 0.25) is 0 Å². The molecule has 0 amide bonds. The average molecular weight is 349 g/mol. The van der Waals surface area contributed by atoms with Gasteiger partial charge in [0.15, 0.2) is 0 Å². The van der Waals surface area contributed by atoms with Gasteiger partial charge in [-0.2, -0.15) is 4.98 Å². The topological polar surface area (TPSA) is 83.0 Å². The molecule has 0 fully saturated rings. The van der Waals surface area contributed by atoms with Crippen LogP contribution in [-0.2, 0) is 6.42 Å². The predicted octanol–water partition coefficient (Wildman–Crippen LogP) is 2.99. The van der Waals surface area contributed by atoms with Crippen molar-refractivity contribution in [1.82, 2.24) is 15.0 Å². The molecule has 6 nitrogen and oxygen atoms in total. The largest absolute Gasteiger partial charge is 0.396 e. The fraction of sp³-hybridized carbons (Fsp3) is 0.250. The van der Waals surface area contributed by atoms with Crippen molar-refractivity contribution >= 4 is 11.8 Å². The second kappa shape index (κ2) is 9.48. The van der Waals surface area contributed by atoms with E-state index in [4.69, 9.17) is 5.11 Å². The molecule has 0 atom stereocenters. The van der Waals surface area contributed by atoms with Crippen LogP contribution in [0.25, 0.3) is 11.3 Å². The summed E-state index contributed by atoms with van der Waals surface area (Å²) in [6.45, 7) is 1.54. The van der Waals surface area contributed by atoms with Gasteiger partial charge in [-0.15, -0.1) is 0 Å². The van der Waals surface area contributed by atoms with Gasteiger partial charge in [-0.05, 0) is 30.5 Å². The molecule has 26 heavy (non-hydrogen) atoms. The third-order valence-electron chi connectivity index (χ3n) is 3.86. The van der Waals surface area contributed by atoms with Crippen LogP contribution < -0.4 is 10.6 Å². The zero-order valence-electron chi connectivity index (χ0n) is 14.6. The van der Waals surface area contributed by atoms with Gasteiger partial charge in [-0.25, -0.2) is 4.98 Å². The Balaban J connectivity index is 1.73. The van der Waals surface area contributed by atoms with E-state index in [0.717, 1.165) is 30.0 Å². The van der Waals surface area contributed by atoms with Gasteiger partial charge in [-0.3, -0.25) is 4.98 Å². The third-order valence-corrected chi connectivity index (χ3v) is 3.86. The SMILES string of the molecule is OCCCNc1nc(NCCc2ccccc2)cc(-c2cccnc2)n1. The summed E-state index contributed by atoms with van der Waals surface area (Å²) in [6, 6.07) is 16.1. The molecule has 0 bridgehead atoms. The van der Waals surface area contributed by atoms with Crippen molar-refractivity contribution < 1.29 is 5.11 Å². The van der Waals surface area contributed by atoms with Crippen molar-refractivity contribution in [3.63, 3.8) is 0 Å². The smallest absolute Gasteiger partial charge is 0.225 e. The van der Waals surface area contributed by atoms with E-state index >= 15 is 0 Å². The Morgan fingerprint density at radius 2 is 1.81 bits per heavy atom. The zero-order chi connectivity index (χ0) is 18.0. The summed E-state index contributed by atoms with van der Waals surface area (Å²) in [5.41, 5.74) is 3.02. The quantitative estimate of drug-likeness (QED) is 0.515. The lowest BCUT2D eigenvalue weighted by molar-refractivity contribution is 0.292. The van der Waals surface area contributed by atoms with Gasteiger partial charge >= 0.3 is 0 Å². The first-order chi connectivity index (χ1) is 12.8. The van der Waals surface area contributed by atoms with Crippen LogP contribution in [0.4, 0.5) is 11.8 Å².